The van der Waals surface area contributed by atoms with E-state index in [1.807, 2.05) is 37.1 Å². The van der Waals surface area contributed by atoms with Crippen molar-refractivity contribution in [1.82, 2.24) is 9.80 Å². The van der Waals surface area contributed by atoms with Crippen LogP contribution in [0.4, 0.5) is 10.1 Å². The molecule has 1 aromatic rings. The molecular formula is C21H32FN3O2. The number of halogens is 1. The lowest BCUT2D eigenvalue weighted by Gasteiger charge is -2.36. The molecule has 2 aliphatic rings. The van der Waals surface area contributed by atoms with Gasteiger partial charge in [0.2, 0.25) is 0 Å². The Kier molecular flexibility index (Phi) is 6.94. The Bertz CT molecular complexity index is 632. The molecule has 27 heavy (non-hydrogen) atoms. The Morgan fingerprint density at radius 1 is 1.26 bits per heavy atom. The van der Waals surface area contributed by atoms with Gasteiger partial charge in [-0.1, -0.05) is 6.07 Å². The zero-order valence-corrected chi connectivity index (χ0v) is 16.5. The number of anilines is 1. The Morgan fingerprint density at radius 2 is 2.04 bits per heavy atom. The summed E-state index contributed by atoms with van der Waals surface area (Å²) in [6.45, 7) is 6.21. The molecule has 0 bridgehead atoms. The molecule has 5 nitrogen and oxygen atoms in total. The minimum Gasteiger partial charge on any atom is -0.484 e. The van der Waals surface area contributed by atoms with Crippen LogP contribution in [0.5, 0.6) is 5.75 Å². The monoisotopic (exact) mass is 377 g/mol. The molecule has 0 spiro atoms. The predicted octanol–water partition coefficient (Wildman–Crippen LogP) is 3.09. The summed E-state index contributed by atoms with van der Waals surface area (Å²) in [7, 11) is 1.87. The number of aryl methyl sites for hydroxylation is 1. The number of hydrogen-bond donors (Lipinski definition) is 1. The van der Waals surface area contributed by atoms with E-state index in [0.29, 0.717) is 24.6 Å². The lowest BCUT2D eigenvalue weighted by molar-refractivity contribution is -0.134. The molecule has 1 unspecified atom stereocenters. The molecule has 2 aliphatic heterocycles. The maximum atomic E-state index is 13.5. The number of benzene rings is 1. The average Bonchev–Trinajstić information content (AvgIpc) is 2.67. The average molecular weight is 378 g/mol. The molecule has 3 rings (SSSR count). The third-order valence-corrected chi connectivity index (χ3v) is 5.77. The lowest BCUT2D eigenvalue weighted by atomic mass is 9.95. The van der Waals surface area contributed by atoms with E-state index in [1.165, 1.54) is 0 Å². The molecule has 0 aromatic heterocycles. The van der Waals surface area contributed by atoms with Crippen LogP contribution in [-0.4, -0.2) is 68.3 Å². The normalized spacial score (nSPS) is 21.9. The predicted molar refractivity (Wildman–Crippen MR) is 106 cm³/mol. The van der Waals surface area contributed by atoms with E-state index in [1.54, 1.807) is 0 Å². The van der Waals surface area contributed by atoms with Gasteiger partial charge < -0.3 is 19.9 Å². The van der Waals surface area contributed by atoms with Crippen molar-refractivity contribution in [3.8, 4) is 5.75 Å². The summed E-state index contributed by atoms with van der Waals surface area (Å²) in [5.74, 6) is 1.32. The van der Waals surface area contributed by atoms with Gasteiger partial charge in [0.15, 0.2) is 6.61 Å². The number of carbonyl (C=O) groups excluding carboxylic acids is 1. The fraction of sp³-hybridized carbons (Fsp3) is 0.667. The minimum atomic E-state index is -0.664. The number of nitrogens with zero attached hydrogens (tertiary/aromatic N) is 2. The van der Waals surface area contributed by atoms with Crippen molar-refractivity contribution in [1.29, 1.82) is 0 Å². The minimum absolute atomic E-state index is 0.0434. The summed E-state index contributed by atoms with van der Waals surface area (Å²) in [5, 5.41) is 3.12. The molecule has 0 saturated carbocycles. The summed E-state index contributed by atoms with van der Waals surface area (Å²) < 4.78 is 19.2. The van der Waals surface area contributed by atoms with Crippen LogP contribution >= 0.6 is 0 Å². The van der Waals surface area contributed by atoms with Crippen LogP contribution in [0.15, 0.2) is 18.2 Å². The van der Waals surface area contributed by atoms with Crippen molar-refractivity contribution in [3.05, 3.63) is 23.8 Å². The van der Waals surface area contributed by atoms with Gasteiger partial charge in [-0.15, -0.1) is 0 Å². The second-order valence-corrected chi connectivity index (χ2v) is 7.84. The molecule has 1 atom stereocenters. The van der Waals surface area contributed by atoms with Crippen molar-refractivity contribution in [2.24, 2.45) is 5.92 Å². The first-order valence-corrected chi connectivity index (χ1v) is 10.1. The molecule has 1 N–H and O–H groups in total. The molecule has 6 heteroatoms. The van der Waals surface area contributed by atoms with E-state index in [2.05, 4.69) is 10.2 Å². The van der Waals surface area contributed by atoms with Gasteiger partial charge in [0, 0.05) is 45.0 Å². The quantitative estimate of drug-likeness (QED) is 0.828. The third kappa shape index (κ3) is 5.58. The van der Waals surface area contributed by atoms with Crippen LogP contribution in [-0.2, 0) is 4.79 Å². The second kappa shape index (κ2) is 9.40. The van der Waals surface area contributed by atoms with Crippen molar-refractivity contribution in [2.75, 3.05) is 51.7 Å². The first-order chi connectivity index (χ1) is 13.0. The Morgan fingerprint density at radius 3 is 2.74 bits per heavy atom. The van der Waals surface area contributed by atoms with E-state index in [4.69, 9.17) is 4.74 Å². The zero-order valence-electron chi connectivity index (χ0n) is 16.5. The largest absolute Gasteiger partial charge is 0.484 e. The SMILES string of the molecule is CNc1cc(OCC(=O)N2CCC(CN3CCCC(F)C3)CC2)ccc1C. The van der Waals surface area contributed by atoms with E-state index < -0.39 is 6.17 Å². The number of nitrogens with one attached hydrogen (secondary N) is 1. The molecule has 0 radical (unpaired) electrons. The number of ether oxygens (including phenoxy) is 1. The van der Waals surface area contributed by atoms with E-state index in [9.17, 15) is 9.18 Å². The molecule has 1 amide bonds. The molecular weight excluding hydrogens is 345 g/mol. The summed E-state index contributed by atoms with van der Waals surface area (Å²) in [6.07, 6.45) is 2.99. The van der Waals surface area contributed by atoms with Gasteiger partial charge in [-0.25, -0.2) is 4.39 Å². The topological polar surface area (TPSA) is 44.8 Å². The van der Waals surface area contributed by atoms with E-state index in [0.717, 1.165) is 56.7 Å². The molecule has 2 saturated heterocycles. The molecule has 0 aliphatic carbocycles. The number of alkyl halides is 1. The van der Waals surface area contributed by atoms with E-state index in [-0.39, 0.29) is 12.5 Å². The Labute approximate surface area is 161 Å². The Hall–Kier alpha value is -1.82. The maximum absolute atomic E-state index is 13.5. The van der Waals surface area contributed by atoms with Gasteiger partial charge in [0.1, 0.15) is 11.9 Å². The molecule has 2 heterocycles. The van der Waals surface area contributed by atoms with Crippen molar-refractivity contribution in [3.63, 3.8) is 0 Å². The van der Waals surface area contributed by atoms with Gasteiger partial charge in [-0.3, -0.25) is 4.79 Å². The van der Waals surface area contributed by atoms with Gasteiger partial charge in [0.05, 0.1) is 0 Å². The first-order valence-electron chi connectivity index (χ1n) is 10.1. The number of hydrogen-bond acceptors (Lipinski definition) is 4. The third-order valence-electron chi connectivity index (χ3n) is 5.77. The van der Waals surface area contributed by atoms with Gasteiger partial charge >= 0.3 is 0 Å². The summed E-state index contributed by atoms with van der Waals surface area (Å²) >= 11 is 0. The highest BCUT2D eigenvalue weighted by atomic mass is 19.1. The maximum Gasteiger partial charge on any atom is 0.260 e. The van der Waals surface area contributed by atoms with Crippen molar-refractivity contribution in [2.45, 2.75) is 38.8 Å². The molecule has 1 aromatic carbocycles. The number of amides is 1. The summed E-state index contributed by atoms with van der Waals surface area (Å²) in [4.78, 5) is 16.6. The smallest absolute Gasteiger partial charge is 0.260 e. The van der Waals surface area contributed by atoms with Crippen LogP contribution in [0.25, 0.3) is 0 Å². The van der Waals surface area contributed by atoms with Crippen LogP contribution < -0.4 is 10.1 Å². The summed E-state index contributed by atoms with van der Waals surface area (Å²) in [5.41, 5.74) is 2.15. The Balaban J connectivity index is 1.40. The van der Waals surface area contributed by atoms with Gasteiger partial charge in [-0.2, -0.15) is 0 Å². The molecule has 150 valence electrons. The standard InChI is InChI=1S/C21H32FN3O2/c1-16-5-6-19(12-20(16)23-2)27-15-21(26)25-10-7-17(8-11-25)13-24-9-3-4-18(22)14-24/h5-6,12,17-18,23H,3-4,7-11,13-15H2,1-2H3. The highest BCUT2D eigenvalue weighted by molar-refractivity contribution is 5.78. The number of piperidine rings is 2. The van der Waals surface area contributed by atoms with Gasteiger partial charge in [0.25, 0.3) is 5.91 Å². The van der Waals surface area contributed by atoms with Crippen LogP contribution in [0.1, 0.15) is 31.2 Å². The van der Waals surface area contributed by atoms with E-state index >= 15 is 0 Å². The number of rotatable bonds is 6. The zero-order chi connectivity index (χ0) is 19.2. The van der Waals surface area contributed by atoms with Crippen molar-refractivity contribution >= 4 is 11.6 Å². The van der Waals surface area contributed by atoms with Gasteiger partial charge in [-0.05, 0) is 56.7 Å². The second-order valence-electron chi connectivity index (χ2n) is 7.84. The van der Waals surface area contributed by atoms with Crippen LogP contribution in [0.2, 0.25) is 0 Å². The number of likely N-dealkylation sites (tertiary alicyclic amines) is 2. The molecule has 2 fully saturated rings. The first kappa shape index (κ1) is 19.9. The fourth-order valence-corrected chi connectivity index (χ4v) is 4.09. The highest BCUT2D eigenvalue weighted by Crippen LogP contribution is 2.23. The lowest BCUT2D eigenvalue weighted by Crippen LogP contribution is -2.45. The van der Waals surface area contributed by atoms with Crippen LogP contribution in [0.3, 0.4) is 0 Å². The number of carbonyl (C=O) groups is 1. The van der Waals surface area contributed by atoms with Crippen molar-refractivity contribution < 1.29 is 13.9 Å². The summed E-state index contributed by atoms with van der Waals surface area (Å²) in [6, 6.07) is 5.80. The highest BCUT2D eigenvalue weighted by Gasteiger charge is 2.26. The fourth-order valence-electron chi connectivity index (χ4n) is 4.09. The van der Waals surface area contributed by atoms with Crippen LogP contribution in [0, 0.1) is 12.8 Å².